The van der Waals surface area contributed by atoms with E-state index in [4.69, 9.17) is 4.74 Å². The summed E-state index contributed by atoms with van der Waals surface area (Å²) in [6.45, 7) is 8.34. The topological polar surface area (TPSA) is 42.4 Å². The number of carbonyl (C=O) groups is 1. The van der Waals surface area contributed by atoms with Gasteiger partial charge in [-0.2, -0.15) is 0 Å². The quantitative estimate of drug-likeness (QED) is 0.726. The van der Waals surface area contributed by atoms with E-state index in [9.17, 15) is 4.79 Å². The summed E-state index contributed by atoms with van der Waals surface area (Å²) in [5.74, 6) is 0. The molecule has 1 aromatic heterocycles. The van der Waals surface area contributed by atoms with Gasteiger partial charge in [0.05, 0.1) is 16.6 Å². The predicted molar refractivity (Wildman–Crippen MR) is 74.9 cm³/mol. The molecule has 4 nitrogen and oxygen atoms in total. The van der Waals surface area contributed by atoms with E-state index in [0.29, 0.717) is 6.54 Å². The summed E-state index contributed by atoms with van der Waals surface area (Å²) in [5, 5.41) is 0. The van der Waals surface area contributed by atoms with Crippen molar-refractivity contribution in [3.63, 3.8) is 0 Å². The fraction of sp³-hybridized carbons (Fsp3) is 0.667. The van der Waals surface area contributed by atoms with Crippen LogP contribution >= 0.6 is 27.3 Å². The van der Waals surface area contributed by atoms with Crippen molar-refractivity contribution in [3.05, 3.63) is 14.5 Å². The van der Waals surface area contributed by atoms with Gasteiger partial charge >= 0.3 is 6.09 Å². The lowest BCUT2D eigenvalue weighted by Gasteiger charge is -2.34. The molecule has 0 aromatic carbocycles. The van der Waals surface area contributed by atoms with Crippen molar-refractivity contribution in [2.24, 2.45) is 0 Å². The number of halogens is 1. The maximum absolute atomic E-state index is 12.1. The number of hydrogen-bond acceptors (Lipinski definition) is 4. The highest BCUT2D eigenvalue weighted by Crippen LogP contribution is 2.36. The number of ether oxygens (including phenoxy) is 1. The molecule has 1 aliphatic heterocycles. The Bertz CT molecular complexity index is 467. The minimum Gasteiger partial charge on any atom is -0.444 e. The number of fused-ring (bicyclic) bond motifs is 1. The molecule has 0 bridgehead atoms. The first-order valence-corrected chi connectivity index (χ1v) is 7.53. The first-order valence-electron chi connectivity index (χ1n) is 5.92. The Labute approximate surface area is 119 Å². The van der Waals surface area contributed by atoms with Gasteiger partial charge in [0.2, 0.25) is 0 Å². The van der Waals surface area contributed by atoms with Crippen molar-refractivity contribution < 1.29 is 9.53 Å². The van der Waals surface area contributed by atoms with Gasteiger partial charge in [-0.05, 0) is 43.6 Å². The second-order valence-corrected chi connectivity index (χ2v) is 7.68. The average Bonchev–Trinajstić information content (AvgIpc) is 2.57. The minimum atomic E-state index is -0.453. The third-order valence-corrected chi connectivity index (χ3v) is 4.49. The first kappa shape index (κ1) is 13.8. The van der Waals surface area contributed by atoms with Crippen LogP contribution in [-0.2, 0) is 11.2 Å². The maximum atomic E-state index is 12.1. The van der Waals surface area contributed by atoms with Gasteiger partial charge in [0.15, 0.2) is 3.92 Å². The number of aromatic nitrogens is 1. The molecule has 0 saturated heterocycles. The molecule has 1 aliphatic rings. The minimum absolute atomic E-state index is 0.0346. The van der Waals surface area contributed by atoms with Gasteiger partial charge in [-0.15, -0.1) is 11.3 Å². The number of amides is 1. The lowest BCUT2D eigenvalue weighted by atomic mass is 10.1. The van der Waals surface area contributed by atoms with Crippen LogP contribution in [0.15, 0.2) is 3.92 Å². The van der Waals surface area contributed by atoms with E-state index in [1.54, 1.807) is 16.2 Å². The van der Waals surface area contributed by atoms with Gasteiger partial charge in [0.25, 0.3) is 0 Å². The fourth-order valence-corrected chi connectivity index (χ4v) is 3.61. The summed E-state index contributed by atoms with van der Waals surface area (Å²) in [6, 6.07) is 0.0346. The molecule has 1 unspecified atom stereocenters. The normalized spacial score (nSPS) is 19.6. The average molecular weight is 333 g/mol. The third-order valence-electron chi connectivity index (χ3n) is 2.77. The van der Waals surface area contributed by atoms with Crippen molar-refractivity contribution in [2.45, 2.75) is 45.8 Å². The molecule has 2 heterocycles. The number of rotatable bonds is 0. The van der Waals surface area contributed by atoms with Crippen LogP contribution in [0.2, 0.25) is 0 Å². The van der Waals surface area contributed by atoms with Crippen LogP contribution in [0.3, 0.4) is 0 Å². The monoisotopic (exact) mass is 332 g/mol. The Hall–Kier alpha value is -0.620. The molecular formula is C12H17BrN2O2S. The highest BCUT2D eigenvalue weighted by molar-refractivity contribution is 9.11. The van der Waals surface area contributed by atoms with Crippen molar-refractivity contribution in [3.8, 4) is 0 Å². The van der Waals surface area contributed by atoms with E-state index in [1.807, 2.05) is 27.7 Å². The fourth-order valence-electron chi connectivity index (χ4n) is 1.97. The largest absolute Gasteiger partial charge is 0.444 e. The molecule has 6 heteroatoms. The lowest BCUT2D eigenvalue weighted by Crippen LogP contribution is -2.41. The molecule has 18 heavy (non-hydrogen) atoms. The number of thiazole rings is 1. The van der Waals surface area contributed by atoms with Crippen LogP contribution in [0.1, 0.15) is 44.3 Å². The zero-order chi connectivity index (χ0) is 13.5. The first-order chi connectivity index (χ1) is 8.28. The Morgan fingerprint density at radius 3 is 2.83 bits per heavy atom. The molecule has 0 aliphatic carbocycles. The molecule has 0 saturated carbocycles. The van der Waals surface area contributed by atoms with Gasteiger partial charge in [0.1, 0.15) is 5.60 Å². The second kappa shape index (κ2) is 4.81. The highest BCUT2D eigenvalue weighted by atomic mass is 79.9. The van der Waals surface area contributed by atoms with E-state index in [1.165, 1.54) is 0 Å². The smallest absolute Gasteiger partial charge is 0.410 e. The Balaban J connectivity index is 2.16. The van der Waals surface area contributed by atoms with Crippen LogP contribution in [0.5, 0.6) is 0 Å². The standard InChI is InChI=1S/C12H17BrN2O2S/c1-7-9-8(14-10(13)18-9)5-6-15(7)11(16)17-12(2,3)4/h7H,5-6H2,1-4H3. The molecule has 1 amide bonds. The van der Waals surface area contributed by atoms with Crippen LogP contribution < -0.4 is 0 Å². The molecular weight excluding hydrogens is 316 g/mol. The van der Waals surface area contributed by atoms with Gasteiger partial charge in [-0.1, -0.05) is 0 Å². The molecule has 100 valence electrons. The second-order valence-electron chi connectivity index (χ2n) is 5.38. The van der Waals surface area contributed by atoms with E-state index in [-0.39, 0.29) is 12.1 Å². The van der Waals surface area contributed by atoms with Crippen molar-refractivity contribution in [1.29, 1.82) is 0 Å². The van der Waals surface area contributed by atoms with E-state index >= 15 is 0 Å². The van der Waals surface area contributed by atoms with Crippen molar-refractivity contribution >= 4 is 33.4 Å². The van der Waals surface area contributed by atoms with E-state index in [0.717, 1.165) is 20.9 Å². The predicted octanol–water partition coefficient (Wildman–Crippen LogP) is 3.76. The Kier molecular flexibility index (Phi) is 3.69. The summed E-state index contributed by atoms with van der Waals surface area (Å²) < 4.78 is 6.31. The molecule has 1 aromatic rings. The summed E-state index contributed by atoms with van der Waals surface area (Å²) in [5.41, 5.74) is 0.643. The molecule has 0 radical (unpaired) electrons. The van der Waals surface area contributed by atoms with Crippen LogP contribution in [0.25, 0.3) is 0 Å². The van der Waals surface area contributed by atoms with E-state index < -0.39 is 5.60 Å². The zero-order valence-corrected chi connectivity index (χ0v) is 13.4. The molecule has 0 fully saturated rings. The summed E-state index contributed by atoms with van der Waals surface area (Å²) in [7, 11) is 0. The summed E-state index contributed by atoms with van der Waals surface area (Å²) in [4.78, 5) is 19.5. The molecule has 2 rings (SSSR count). The summed E-state index contributed by atoms with van der Waals surface area (Å²) in [6.07, 6.45) is 0.547. The van der Waals surface area contributed by atoms with Crippen molar-refractivity contribution in [2.75, 3.05) is 6.54 Å². The van der Waals surface area contributed by atoms with Gasteiger partial charge in [-0.3, -0.25) is 0 Å². The van der Waals surface area contributed by atoms with Gasteiger partial charge in [-0.25, -0.2) is 9.78 Å². The van der Waals surface area contributed by atoms with Gasteiger partial charge in [0, 0.05) is 13.0 Å². The lowest BCUT2D eigenvalue weighted by molar-refractivity contribution is 0.0162. The maximum Gasteiger partial charge on any atom is 0.410 e. The van der Waals surface area contributed by atoms with Gasteiger partial charge < -0.3 is 9.64 Å². The third kappa shape index (κ3) is 2.85. The molecule has 1 atom stereocenters. The van der Waals surface area contributed by atoms with Crippen LogP contribution in [-0.4, -0.2) is 28.1 Å². The highest BCUT2D eigenvalue weighted by Gasteiger charge is 2.33. The van der Waals surface area contributed by atoms with Crippen molar-refractivity contribution in [1.82, 2.24) is 9.88 Å². The molecule has 0 spiro atoms. The zero-order valence-electron chi connectivity index (χ0n) is 11.0. The number of nitrogens with zero attached hydrogens (tertiary/aromatic N) is 2. The Morgan fingerprint density at radius 2 is 2.22 bits per heavy atom. The number of carbonyl (C=O) groups excluding carboxylic acids is 1. The van der Waals surface area contributed by atoms with E-state index in [2.05, 4.69) is 20.9 Å². The Morgan fingerprint density at radius 1 is 1.56 bits per heavy atom. The van der Waals surface area contributed by atoms with Crippen LogP contribution in [0, 0.1) is 0 Å². The SMILES string of the molecule is CC1c2sc(Br)nc2CCN1C(=O)OC(C)(C)C. The number of hydrogen-bond donors (Lipinski definition) is 0. The molecule has 0 N–H and O–H groups in total. The summed E-state index contributed by atoms with van der Waals surface area (Å²) >= 11 is 4.99. The van der Waals surface area contributed by atoms with Crippen LogP contribution in [0.4, 0.5) is 4.79 Å².